The number of non-ortho nitro benzene ring substituents is 2. The first kappa shape index (κ1) is 33.7. The Balaban J connectivity index is 1.47. The number of hydrogen-bond donors (Lipinski definition) is 2. The fourth-order valence-electron chi connectivity index (χ4n) is 4.79. The van der Waals surface area contributed by atoms with E-state index in [4.69, 9.17) is 14.5 Å². The number of carbonyl (C=O) groups excluding carboxylic acids is 1. The molecule has 242 valence electrons. The van der Waals surface area contributed by atoms with E-state index >= 15 is 0 Å². The number of aromatic carboxylic acids is 2. The summed E-state index contributed by atoms with van der Waals surface area (Å²) in [4.78, 5) is 67.7. The third-order valence-corrected chi connectivity index (χ3v) is 7.18. The average molecular weight is 645 g/mol. The zero-order valence-electron chi connectivity index (χ0n) is 25.1. The van der Waals surface area contributed by atoms with Crippen molar-refractivity contribution in [2.75, 3.05) is 0 Å². The molecule has 0 amide bonds. The van der Waals surface area contributed by atoms with Crippen LogP contribution in [0.4, 0.5) is 11.4 Å². The van der Waals surface area contributed by atoms with Gasteiger partial charge < -0.3 is 19.8 Å². The Bertz CT molecular complexity index is 1890. The molecule has 47 heavy (non-hydrogen) atoms. The highest BCUT2D eigenvalue weighted by molar-refractivity contribution is 6.03. The van der Waals surface area contributed by atoms with Gasteiger partial charge in [0.05, 0.1) is 26.5 Å². The van der Waals surface area contributed by atoms with E-state index in [-0.39, 0.29) is 29.2 Å². The lowest BCUT2D eigenvalue weighted by Gasteiger charge is -2.14. The minimum atomic E-state index is -1.43. The summed E-state index contributed by atoms with van der Waals surface area (Å²) in [7, 11) is 0. The number of carboxylic acids is 2. The minimum absolute atomic E-state index is 0.0784. The van der Waals surface area contributed by atoms with Gasteiger partial charge in [0.2, 0.25) is 0 Å². The van der Waals surface area contributed by atoms with E-state index in [0.717, 1.165) is 53.1 Å². The molecule has 2 N–H and O–H groups in total. The second-order valence-corrected chi connectivity index (χ2v) is 10.2. The third kappa shape index (κ3) is 8.12. The number of nitro groups is 2. The first-order chi connectivity index (χ1) is 22.4. The van der Waals surface area contributed by atoms with E-state index < -0.39 is 44.6 Å². The Morgan fingerprint density at radius 2 is 1.19 bits per heavy atom. The highest BCUT2D eigenvalue weighted by atomic mass is 17.2. The highest BCUT2D eigenvalue weighted by Gasteiger charge is 2.23. The van der Waals surface area contributed by atoms with Crippen molar-refractivity contribution in [2.45, 2.75) is 39.7 Å². The van der Waals surface area contributed by atoms with Gasteiger partial charge in [-0.2, -0.15) is 4.89 Å². The summed E-state index contributed by atoms with van der Waals surface area (Å²) in [5.74, 6) is -3.15. The maximum absolute atomic E-state index is 12.9. The molecular formula is C33H28N2O12. The zero-order valence-corrected chi connectivity index (χ0v) is 25.1. The second kappa shape index (κ2) is 14.8. The first-order valence-corrected chi connectivity index (χ1v) is 14.2. The van der Waals surface area contributed by atoms with Gasteiger partial charge in [-0.25, -0.2) is 14.4 Å². The molecule has 0 aliphatic rings. The fourth-order valence-corrected chi connectivity index (χ4v) is 4.79. The number of nitro benzene ring substituents is 2. The van der Waals surface area contributed by atoms with Crippen molar-refractivity contribution < 1.29 is 49.0 Å². The van der Waals surface area contributed by atoms with Crippen molar-refractivity contribution in [3.05, 3.63) is 138 Å². The molecule has 0 saturated heterocycles. The molecule has 0 heterocycles. The summed E-state index contributed by atoms with van der Waals surface area (Å²) in [5, 5.41) is 41.2. The molecule has 0 unspecified atom stereocenters. The van der Waals surface area contributed by atoms with Crippen molar-refractivity contribution in [1.29, 1.82) is 0 Å². The van der Waals surface area contributed by atoms with Crippen molar-refractivity contribution in [3.8, 4) is 11.5 Å². The Hall–Kier alpha value is -6.15. The van der Waals surface area contributed by atoms with Gasteiger partial charge >= 0.3 is 17.9 Å². The smallest absolute Gasteiger partial charge is 0.344 e. The van der Waals surface area contributed by atoms with Crippen LogP contribution in [0.2, 0.25) is 0 Å². The van der Waals surface area contributed by atoms with Crippen molar-refractivity contribution in [1.82, 2.24) is 0 Å². The second-order valence-electron chi connectivity index (χ2n) is 10.2. The van der Waals surface area contributed by atoms with Gasteiger partial charge in [0.15, 0.2) is 5.75 Å². The van der Waals surface area contributed by atoms with Crippen LogP contribution in [0.5, 0.6) is 11.5 Å². The van der Waals surface area contributed by atoms with Crippen LogP contribution >= 0.6 is 0 Å². The summed E-state index contributed by atoms with van der Waals surface area (Å²) in [6.07, 6.45) is 1.52. The van der Waals surface area contributed by atoms with E-state index in [0.29, 0.717) is 30.6 Å². The number of benzene rings is 4. The van der Waals surface area contributed by atoms with Crippen LogP contribution in [0.1, 0.15) is 72.7 Å². The summed E-state index contributed by atoms with van der Waals surface area (Å²) in [6.45, 7) is 3.41. The van der Waals surface area contributed by atoms with Gasteiger partial charge in [-0.3, -0.25) is 20.2 Å². The van der Waals surface area contributed by atoms with Crippen molar-refractivity contribution >= 4 is 29.3 Å². The predicted octanol–water partition coefficient (Wildman–Crippen LogP) is 6.34. The third-order valence-electron chi connectivity index (χ3n) is 7.18. The lowest BCUT2D eigenvalue weighted by Crippen LogP contribution is -2.15. The molecule has 0 saturated carbocycles. The maximum atomic E-state index is 12.9. The van der Waals surface area contributed by atoms with E-state index in [1.807, 2.05) is 32.0 Å². The van der Waals surface area contributed by atoms with Gasteiger partial charge in [0, 0.05) is 29.8 Å². The molecule has 4 aromatic rings. The molecular weight excluding hydrogens is 616 g/mol. The van der Waals surface area contributed by atoms with Gasteiger partial charge in [0.25, 0.3) is 11.4 Å². The van der Waals surface area contributed by atoms with E-state index in [1.54, 1.807) is 18.2 Å². The molecule has 0 aliphatic carbocycles. The summed E-state index contributed by atoms with van der Waals surface area (Å²) in [5.41, 5.74) is 1.57. The fraction of sp³-hybridized carbons (Fsp3) is 0.182. The Labute approximate surface area is 267 Å². The van der Waals surface area contributed by atoms with Gasteiger partial charge in [-0.05, 0) is 65.8 Å². The highest BCUT2D eigenvalue weighted by Crippen LogP contribution is 2.28. The number of nitrogens with zero attached hydrogens (tertiary/aromatic N) is 2. The van der Waals surface area contributed by atoms with E-state index in [9.17, 15) is 44.8 Å². The average Bonchev–Trinajstić information content (AvgIpc) is 3.05. The number of carbonyl (C=O) groups is 3. The Kier molecular flexibility index (Phi) is 10.6. The maximum Gasteiger partial charge on any atom is 0.344 e. The van der Waals surface area contributed by atoms with Gasteiger partial charge in [-0.1, -0.05) is 38.1 Å². The molecule has 0 radical (unpaired) electrons. The number of hydrogen-bond acceptors (Lipinski definition) is 10. The van der Waals surface area contributed by atoms with Gasteiger partial charge in [0.1, 0.15) is 12.4 Å². The SMILES string of the molecule is CCc1cc(Cc2ccc(OC(=O)c3cc([N+](=O)[O-])ccc3C(=O)O)c(CC)c2)ccc1OOCc1cc([N+](=O)[O-])ccc1C(=O)O. The van der Waals surface area contributed by atoms with Crippen LogP contribution < -0.4 is 9.62 Å². The minimum Gasteiger partial charge on any atom is -0.478 e. The summed E-state index contributed by atoms with van der Waals surface area (Å²) < 4.78 is 5.49. The van der Waals surface area contributed by atoms with Crippen LogP contribution in [0.25, 0.3) is 0 Å². The summed E-state index contributed by atoms with van der Waals surface area (Å²) in [6, 6.07) is 16.8. The molecule has 4 rings (SSSR count). The molecule has 14 nitrogen and oxygen atoms in total. The topological polar surface area (TPSA) is 206 Å². The standard InChI is InChI=1S/C33H28N2O12/c1-3-21-14-19(5-11-29(21)46-33(40)28-17-25(35(43)44)8-10-27(28)32(38)39)13-20-6-12-30(22(4-2)15-20)47-45-18-23-16-24(34(41)42)7-9-26(23)31(36)37/h5-12,14-17H,3-4,13,18H2,1-2H3,(H,36,37)(H,38,39). The number of rotatable bonds is 14. The largest absolute Gasteiger partial charge is 0.478 e. The monoisotopic (exact) mass is 644 g/mol. The number of ether oxygens (including phenoxy) is 1. The first-order valence-electron chi connectivity index (χ1n) is 14.2. The number of carboxylic acid groups (broad SMARTS) is 2. The lowest BCUT2D eigenvalue weighted by molar-refractivity contribution is -0.385. The number of esters is 1. The molecule has 4 aromatic carbocycles. The Morgan fingerprint density at radius 3 is 1.74 bits per heavy atom. The van der Waals surface area contributed by atoms with Crippen LogP contribution in [0.15, 0.2) is 72.8 Å². The van der Waals surface area contributed by atoms with Crippen LogP contribution in [-0.4, -0.2) is 38.0 Å². The molecule has 0 fully saturated rings. The van der Waals surface area contributed by atoms with Crippen molar-refractivity contribution in [2.24, 2.45) is 0 Å². The molecule has 0 spiro atoms. The molecule has 0 bridgehead atoms. The van der Waals surface area contributed by atoms with Crippen LogP contribution in [-0.2, 0) is 30.8 Å². The molecule has 0 aromatic heterocycles. The quantitative estimate of drug-likeness (QED) is 0.0507. The van der Waals surface area contributed by atoms with Crippen LogP contribution in [0.3, 0.4) is 0 Å². The molecule has 14 heteroatoms. The van der Waals surface area contributed by atoms with E-state index in [1.165, 1.54) is 0 Å². The number of aryl methyl sites for hydroxylation is 2. The molecule has 0 atom stereocenters. The van der Waals surface area contributed by atoms with Gasteiger partial charge in [-0.15, -0.1) is 0 Å². The molecule has 0 aliphatic heterocycles. The Morgan fingerprint density at radius 1 is 0.660 bits per heavy atom. The lowest BCUT2D eigenvalue weighted by atomic mass is 9.99. The predicted molar refractivity (Wildman–Crippen MR) is 165 cm³/mol. The van der Waals surface area contributed by atoms with Crippen molar-refractivity contribution in [3.63, 3.8) is 0 Å². The normalized spacial score (nSPS) is 10.7. The zero-order chi connectivity index (χ0) is 34.2. The van der Waals surface area contributed by atoms with E-state index in [2.05, 4.69) is 0 Å². The van der Waals surface area contributed by atoms with Crippen LogP contribution in [0, 0.1) is 20.2 Å². The summed E-state index contributed by atoms with van der Waals surface area (Å²) >= 11 is 0.